The molecule has 4 aromatic carbocycles. The summed E-state index contributed by atoms with van der Waals surface area (Å²) >= 11 is 5.94. The summed E-state index contributed by atoms with van der Waals surface area (Å²) in [4.78, 5) is 13.5. The van der Waals surface area contributed by atoms with Crippen LogP contribution in [0.1, 0.15) is 6.92 Å². The Bertz CT molecular complexity index is 1420. The van der Waals surface area contributed by atoms with Crippen LogP contribution in [-0.2, 0) is 14.8 Å². The molecule has 0 N–H and O–H groups in total. The van der Waals surface area contributed by atoms with Crippen LogP contribution in [0.4, 0.5) is 5.69 Å². The van der Waals surface area contributed by atoms with Gasteiger partial charge in [0.25, 0.3) is 15.9 Å². The Hall–Kier alpha value is -3.81. The molecule has 4 aromatic rings. The molecule has 0 fully saturated rings. The third-order valence-corrected chi connectivity index (χ3v) is 7.47. The van der Waals surface area contributed by atoms with Gasteiger partial charge in [-0.15, -0.1) is 0 Å². The van der Waals surface area contributed by atoms with Crippen LogP contribution in [0.3, 0.4) is 0 Å². The molecule has 0 saturated heterocycles. The van der Waals surface area contributed by atoms with Gasteiger partial charge in [0.1, 0.15) is 11.5 Å². The summed E-state index contributed by atoms with van der Waals surface area (Å²) < 4.78 is 38.9. The van der Waals surface area contributed by atoms with E-state index in [1.807, 2.05) is 42.5 Å². The number of nitrogens with zero attached hydrogens (tertiary/aromatic N) is 1. The summed E-state index contributed by atoms with van der Waals surface area (Å²) in [5, 5.41) is 0.381. The van der Waals surface area contributed by atoms with Crippen molar-refractivity contribution in [1.82, 2.24) is 0 Å². The second-order valence-electron chi connectivity index (χ2n) is 7.91. The SMILES string of the molecule is COc1ccc(N(C(=O)C(C)Oc2ccc(-c3ccccc3)cc2)S(=O)(=O)c2ccc(Cl)cc2)cc1. The lowest BCUT2D eigenvalue weighted by molar-refractivity contribution is -0.123. The highest BCUT2D eigenvalue weighted by Crippen LogP contribution is 2.29. The van der Waals surface area contributed by atoms with Gasteiger partial charge in [-0.3, -0.25) is 4.79 Å². The maximum Gasteiger partial charge on any atom is 0.281 e. The van der Waals surface area contributed by atoms with Crippen molar-refractivity contribution >= 4 is 33.2 Å². The van der Waals surface area contributed by atoms with Gasteiger partial charge < -0.3 is 9.47 Å². The molecule has 6 nitrogen and oxygen atoms in total. The number of anilines is 1. The van der Waals surface area contributed by atoms with Crippen molar-refractivity contribution in [2.45, 2.75) is 17.9 Å². The lowest BCUT2D eigenvalue weighted by Gasteiger charge is -2.26. The van der Waals surface area contributed by atoms with Gasteiger partial charge in [-0.05, 0) is 78.7 Å². The Morgan fingerprint density at radius 3 is 1.92 bits per heavy atom. The fraction of sp³-hybridized carbons (Fsp3) is 0.107. The van der Waals surface area contributed by atoms with Gasteiger partial charge >= 0.3 is 0 Å². The molecular formula is C28H24ClNO5S. The zero-order chi connectivity index (χ0) is 25.7. The van der Waals surface area contributed by atoms with Crippen LogP contribution in [0.25, 0.3) is 11.1 Å². The van der Waals surface area contributed by atoms with E-state index in [1.165, 1.54) is 50.4 Å². The molecule has 0 saturated carbocycles. The number of sulfonamides is 1. The molecule has 36 heavy (non-hydrogen) atoms. The van der Waals surface area contributed by atoms with Crippen molar-refractivity contribution in [3.05, 3.63) is 108 Å². The van der Waals surface area contributed by atoms with Crippen molar-refractivity contribution in [2.75, 3.05) is 11.4 Å². The average molecular weight is 522 g/mol. The summed E-state index contributed by atoms with van der Waals surface area (Å²) in [6, 6.07) is 28.9. The minimum Gasteiger partial charge on any atom is -0.497 e. The molecule has 0 aromatic heterocycles. The average Bonchev–Trinajstić information content (AvgIpc) is 2.90. The zero-order valence-corrected chi connectivity index (χ0v) is 21.2. The van der Waals surface area contributed by atoms with Gasteiger partial charge in [-0.25, -0.2) is 8.42 Å². The zero-order valence-electron chi connectivity index (χ0n) is 19.7. The second kappa shape index (κ2) is 10.8. The van der Waals surface area contributed by atoms with Gasteiger partial charge in [0.2, 0.25) is 0 Å². The van der Waals surface area contributed by atoms with Crippen LogP contribution in [0, 0.1) is 0 Å². The molecule has 1 unspecified atom stereocenters. The van der Waals surface area contributed by atoms with E-state index < -0.39 is 22.0 Å². The van der Waals surface area contributed by atoms with Crippen LogP contribution in [0.15, 0.2) is 108 Å². The first-order chi connectivity index (χ1) is 17.3. The van der Waals surface area contributed by atoms with Gasteiger partial charge in [0.05, 0.1) is 17.7 Å². The first-order valence-electron chi connectivity index (χ1n) is 11.1. The minimum atomic E-state index is -4.27. The summed E-state index contributed by atoms with van der Waals surface area (Å²) in [5.41, 5.74) is 2.20. The molecule has 8 heteroatoms. The number of ether oxygens (including phenoxy) is 2. The number of carbonyl (C=O) groups is 1. The summed E-state index contributed by atoms with van der Waals surface area (Å²) in [6.07, 6.45) is -1.10. The molecule has 184 valence electrons. The van der Waals surface area contributed by atoms with Crippen molar-refractivity contribution < 1.29 is 22.7 Å². The van der Waals surface area contributed by atoms with Gasteiger partial charge in [-0.2, -0.15) is 4.31 Å². The number of rotatable bonds is 8. The second-order valence-corrected chi connectivity index (χ2v) is 10.1. The van der Waals surface area contributed by atoms with Gasteiger partial charge in [0.15, 0.2) is 6.10 Å². The molecule has 4 rings (SSSR count). The van der Waals surface area contributed by atoms with E-state index in [9.17, 15) is 13.2 Å². The molecule has 0 radical (unpaired) electrons. The number of amides is 1. The molecule has 0 bridgehead atoms. The Kier molecular flexibility index (Phi) is 7.62. The number of hydrogen-bond donors (Lipinski definition) is 0. The molecule has 0 heterocycles. The number of halogens is 1. The lowest BCUT2D eigenvalue weighted by Crippen LogP contribution is -2.44. The quantitative estimate of drug-likeness (QED) is 0.276. The smallest absolute Gasteiger partial charge is 0.281 e. The largest absolute Gasteiger partial charge is 0.497 e. The molecule has 1 amide bonds. The predicted molar refractivity (Wildman–Crippen MR) is 141 cm³/mol. The number of methoxy groups -OCH3 is 1. The topological polar surface area (TPSA) is 72.9 Å². The number of benzene rings is 4. The monoisotopic (exact) mass is 521 g/mol. The fourth-order valence-corrected chi connectivity index (χ4v) is 5.19. The predicted octanol–water partition coefficient (Wildman–Crippen LogP) is 6.21. The third-order valence-electron chi connectivity index (χ3n) is 5.48. The van der Waals surface area contributed by atoms with E-state index in [1.54, 1.807) is 24.3 Å². The van der Waals surface area contributed by atoms with E-state index in [2.05, 4.69) is 0 Å². The molecule has 0 aliphatic heterocycles. The molecule has 0 aliphatic rings. The first-order valence-corrected chi connectivity index (χ1v) is 12.9. The third kappa shape index (κ3) is 5.53. The van der Waals surface area contributed by atoms with Crippen molar-refractivity contribution in [1.29, 1.82) is 0 Å². The van der Waals surface area contributed by atoms with Crippen molar-refractivity contribution in [2.24, 2.45) is 0 Å². The Balaban J connectivity index is 1.63. The number of hydrogen-bond acceptors (Lipinski definition) is 5. The Morgan fingerprint density at radius 2 is 1.33 bits per heavy atom. The minimum absolute atomic E-state index is 0.0736. The van der Waals surface area contributed by atoms with E-state index in [-0.39, 0.29) is 10.6 Å². The summed E-state index contributed by atoms with van der Waals surface area (Å²) in [7, 11) is -2.76. The standard InChI is InChI=1S/C28H24ClNO5S/c1-20(35-26-14-8-22(9-15-26)21-6-4-3-5-7-21)28(31)30(24-12-16-25(34-2)17-13-24)36(32,33)27-18-10-23(29)11-19-27/h3-20H,1-2H3. The lowest BCUT2D eigenvalue weighted by atomic mass is 10.1. The molecule has 0 aliphatic carbocycles. The highest BCUT2D eigenvalue weighted by molar-refractivity contribution is 7.93. The van der Waals surface area contributed by atoms with Crippen molar-refractivity contribution in [3.8, 4) is 22.6 Å². The van der Waals surface area contributed by atoms with Crippen LogP contribution in [0.2, 0.25) is 5.02 Å². The van der Waals surface area contributed by atoms with E-state index in [0.717, 1.165) is 15.4 Å². The highest BCUT2D eigenvalue weighted by atomic mass is 35.5. The molecule has 1 atom stereocenters. The maximum atomic E-state index is 13.6. The molecular weight excluding hydrogens is 498 g/mol. The molecule has 0 spiro atoms. The fourth-order valence-electron chi connectivity index (χ4n) is 3.59. The van der Waals surface area contributed by atoms with E-state index in [4.69, 9.17) is 21.1 Å². The van der Waals surface area contributed by atoms with E-state index in [0.29, 0.717) is 16.5 Å². The summed E-state index contributed by atoms with van der Waals surface area (Å²) in [5.74, 6) is 0.217. The maximum absolute atomic E-state index is 13.6. The first kappa shape index (κ1) is 25.3. The Labute approximate surface area is 215 Å². The number of carbonyl (C=O) groups excluding carboxylic acids is 1. The summed E-state index contributed by atoms with van der Waals surface area (Å²) in [6.45, 7) is 1.52. The van der Waals surface area contributed by atoms with Gasteiger partial charge in [0, 0.05) is 5.02 Å². The van der Waals surface area contributed by atoms with Crippen LogP contribution in [-0.4, -0.2) is 27.5 Å². The highest BCUT2D eigenvalue weighted by Gasteiger charge is 2.35. The van der Waals surface area contributed by atoms with Gasteiger partial charge in [-0.1, -0.05) is 54.1 Å². The van der Waals surface area contributed by atoms with Crippen LogP contribution >= 0.6 is 11.6 Å². The van der Waals surface area contributed by atoms with Crippen LogP contribution in [0.5, 0.6) is 11.5 Å². The van der Waals surface area contributed by atoms with E-state index >= 15 is 0 Å². The van der Waals surface area contributed by atoms with Crippen molar-refractivity contribution in [3.63, 3.8) is 0 Å². The van der Waals surface area contributed by atoms with Crippen LogP contribution < -0.4 is 13.8 Å². The Morgan fingerprint density at radius 1 is 0.778 bits per heavy atom. The normalized spacial score (nSPS) is 12.0.